The van der Waals surface area contributed by atoms with Crippen LogP contribution in [0.25, 0.3) is 0 Å². The van der Waals surface area contributed by atoms with E-state index in [0.29, 0.717) is 0 Å². The highest BCUT2D eigenvalue weighted by atomic mass is 35.5. The van der Waals surface area contributed by atoms with Crippen LogP contribution in [-0.4, -0.2) is 11.5 Å². The van der Waals surface area contributed by atoms with Gasteiger partial charge in [0, 0.05) is 34.0 Å². The normalized spacial score (nSPS) is 10.3. The molecule has 0 aliphatic rings. The summed E-state index contributed by atoms with van der Waals surface area (Å²) in [7, 11) is 0. The number of hydrogen-bond donors (Lipinski definition) is 1. The third-order valence-corrected chi connectivity index (χ3v) is 3.70. The first-order chi connectivity index (χ1) is 8.79. The van der Waals surface area contributed by atoms with Gasteiger partial charge in [-0.3, -0.25) is 0 Å². The van der Waals surface area contributed by atoms with Gasteiger partial charge >= 0.3 is 0 Å². The Bertz CT molecular complexity index is 517. The first-order valence-corrected chi connectivity index (χ1v) is 7.22. The minimum Gasteiger partial charge on any atom is -0.370 e. The topological polar surface area (TPSA) is 24.9 Å². The fourth-order valence-corrected chi connectivity index (χ4v) is 2.79. The Morgan fingerprint density at radius 3 is 2.94 bits per heavy atom. The standard InChI is InChI=1S/C14H15ClN2S/c1-2-16-14-11(5-4-8-17-14)10-18-13-7-3-6-12(15)9-13/h3-9H,2,10H2,1H3,(H,16,17). The number of hydrogen-bond acceptors (Lipinski definition) is 3. The van der Waals surface area contributed by atoms with Crippen LogP contribution < -0.4 is 5.32 Å². The van der Waals surface area contributed by atoms with Gasteiger partial charge in [-0.05, 0) is 31.2 Å². The van der Waals surface area contributed by atoms with Crippen LogP contribution in [0.4, 0.5) is 5.82 Å². The van der Waals surface area contributed by atoms with Gasteiger partial charge in [-0.1, -0.05) is 23.7 Å². The molecule has 1 aromatic heterocycles. The van der Waals surface area contributed by atoms with Crippen LogP contribution >= 0.6 is 23.4 Å². The van der Waals surface area contributed by atoms with Gasteiger partial charge in [0.05, 0.1) is 0 Å². The summed E-state index contributed by atoms with van der Waals surface area (Å²) in [5.74, 6) is 1.85. The number of rotatable bonds is 5. The van der Waals surface area contributed by atoms with Crippen molar-refractivity contribution in [2.45, 2.75) is 17.6 Å². The zero-order valence-electron chi connectivity index (χ0n) is 10.2. The monoisotopic (exact) mass is 278 g/mol. The number of nitrogens with one attached hydrogen (secondary N) is 1. The molecule has 1 N–H and O–H groups in total. The lowest BCUT2D eigenvalue weighted by atomic mass is 10.3. The lowest BCUT2D eigenvalue weighted by Gasteiger charge is -2.09. The highest BCUT2D eigenvalue weighted by molar-refractivity contribution is 7.98. The Morgan fingerprint density at radius 1 is 1.28 bits per heavy atom. The smallest absolute Gasteiger partial charge is 0.129 e. The highest BCUT2D eigenvalue weighted by Gasteiger charge is 2.03. The van der Waals surface area contributed by atoms with Crippen molar-refractivity contribution in [2.24, 2.45) is 0 Å². The van der Waals surface area contributed by atoms with Crippen LogP contribution in [0, 0.1) is 0 Å². The molecule has 0 unspecified atom stereocenters. The molecule has 0 radical (unpaired) electrons. The van der Waals surface area contributed by atoms with Crippen molar-refractivity contribution < 1.29 is 0 Å². The third-order valence-electron chi connectivity index (χ3n) is 2.43. The van der Waals surface area contributed by atoms with E-state index < -0.39 is 0 Å². The van der Waals surface area contributed by atoms with Crippen LogP contribution in [0.3, 0.4) is 0 Å². The minimum absolute atomic E-state index is 0.776. The first-order valence-electron chi connectivity index (χ1n) is 5.85. The molecule has 4 heteroatoms. The number of aromatic nitrogens is 1. The van der Waals surface area contributed by atoms with Gasteiger partial charge in [0.2, 0.25) is 0 Å². The average Bonchev–Trinajstić information content (AvgIpc) is 2.38. The van der Waals surface area contributed by atoms with Crippen LogP contribution in [0.2, 0.25) is 5.02 Å². The van der Waals surface area contributed by atoms with Crippen molar-refractivity contribution in [3.63, 3.8) is 0 Å². The van der Waals surface area contributed by atoms with Crippen molar-refractivity contribution in [1.29, 1.82) is 0 Å². The molecule has 1 aromatic carbocycles. The van der Waals surface area contributed by atoms with E-state index >= 15 is 0 Å². The maximum Gasteiger partial charge on any atom is 0.129 e. The SMILES string of the molecule is CCNc1ncccc1CSc1cccc(Cl)c1. The molecule has 0 atom stereocenters. The quantitative estimate of drug-likeness (QED) is 0.818. The summed E-state index contributed by atoms with van der Waals surface area (Å²) in [5.41, 5.74) is 1.21. The molecule has 0 saturated heterocycles. The summed E-state index contributed by atoms with van der Waals surface area (Å²) >= 11 is 7.73. The minimum atomic E-state index is 0.776. The van der Waals surface area contributed by atoms with Gasteiger partial charge in [0.25, 0.3) is 0 Å². The van der Waals surface area contributed by atoms with Gasteiger partial charge < -0.3 is 5.32 Å². The summed E-state index contributed by atoms with van der Waals surface area (Å²) in [5, 5.41) is 4.05. The summed E-state index contributed by atoms with van der Waals surface area (Å²) in [6.45, 7) is 2.95. The summed E-state index contributed by atoms with van der Waals surface area (Å²) in [6, 6.07) is 12.0. The lowest BCUT2D eigenvalue weighted by molar-refractivity contribution is 1.13. The van der Waals surface area contributed by atoms with Crippen molar-refractivity contribution in [2.75, 3.05) is 11.9 Å². The zero-order valence-corrected chi connectivity index (χ0v) is 11.8. The van der Waals surface area contributed by atoms with E-state index in [-0.39, 0.29) is 0 Å². The first kappa shape index (κ1) is 13.2. The Morgan fingerprint density at radius 2 is 2.17 bits per heavy atom. The highest BCUT2D eigenvalue weighted by Crippen LogP contribution is 2.27. The molecule has 0 aliphatic heterocycles. The Kier molecular flexibility index (Phi) is 4.90. The van der Waals surface area contributed by atoms with Crippen molar-refractivity contribution in [3.05, 3.63) is 53.2 Å². The average molecular weight is 279 g/mol. The summed E-state index contributed by atoms with van der Waals surface area (Å²) in [4.78, 5) is 5.52. The van der Waals surface area contributed by atoms with Crippen molar-refractivity contribution >= 4 is 29.2 Å². The van der Waals surface area contributed by atoms with E-state index in [1.807, 2.05) is 30.5 Å². The fourth-order valence-electron chi connectivity index (χ4n) is 1.60. The fraction of sp³-hybridized carbons (Fsp3) is 0.214. The van der Waals surface area contributed by atoms with Gasteiger partial charge in [-0.15, -0.1) is 11.8 Å². The second-order valence-electron chi connectivity index (χ2n) is 3.79. The second kappa shape index (κ2) is 6.66. The summed E-state index contributed by atoms with van der Waals surface area (Å²) in [6.07, 6.45) is 1.81. The van der Waals surface area contributed by atoms with Crippen LogP contribution in [0.15, 0.2) is 47.5 Å². The molecule has 0 amide bonds. The number of nitrogens with zero attached hydrogens (tertiary/aromatic N) is 1. The molecule has 2 rings (SSSR count). The van der Waals surface area contributed by atoms with Crippen molar-refractivity contribution in [3.8, 4) is 0 Å². The number of thioether (sulfide) groups is 1. The van der Waals surface area contributed by atoms with Gasteiger partial charge in [-0.25, -0.2) is 4.98 Å². The second-order valence-corrected chi connectivity index (χ2v) is 5.27. The molecular weight excluding hydrogens is 264 g/mol. The van der Waals surface area contributed by atoms with Gasteiger partial charge in [0.15, 0.2) is 0 Å². The van der Waals surface area contributed by atoms with E-state index in [1.165, 1.54) is 10.5 Å². The number of halogens is 1. The maximum atomic E-state index is 5.97. The third kappa shape index (κ3) is 3.65. The predicted molar refractivity (Wildman–Crippen MR) is 79.4 cm³/mol. The largest absolute Gasteiger partial charge is 0.370 e. The molecule has 0 bridgehead atoms. The van der Waals surface area contributed by atoms with Gasteiger partial charge in [-0.2, -0.15) is 0 Å². The Hall–Kier alpha value is -1.19. The number of benzene rings is 1. The summed E-state index contributed by atoms with van der Waals surface area (Å²) < 4.78 is 0. The van der Waals surface area contributed by atoms with E-state index in [0.717, 1.165) is 23.1 Å². The Balaban J connectivity index is 2.06. The van der Waals surface area contributed by atoms with Crippen LogP contribution in [0.5, 0.6) is 0 Å². The van der Waals surface area contributed by atoms with Gasteiger partial charge in [0.1, 0.15) is 5.82 Å². The maximum absolute atomic E-state index is 5.97. The van der Waals surface area contributed by atoms with Crippen molar-refractivity contribution in [1.82, 2.24) is 4.98 Å². The molecular formula is C14H15ClN2S. The molecule has 0 saturated carbocycles. The Labute approximate surface area is 117 Å². The van der Waals surface area contributed by atoms with E-state index in [1.54, 1.807) is 11.8 Å². The van der Waals surface area contributed by atoms with E-state index in [4.69, 9.17) is 11.6 Å². The molecule has 18 heavy (non-hydrogen) atoms. The van der Waals surface area contributed by atoms with Crippen LogP contribution in [-0.2, 0) is 5.75 Å². The zero-order chi connectivity index (χ0) is 12.8. The molecule has 0 aliphatic carbocycles. The molecule has 2 nitrogen and oxygen atoms in total. The molecule has 94 valence electrons. The van der Waals surface area contributed by atoms with E-state index in [9.17, 15) is 0 Å². The molecule has 0 spiro atoms. The lowest BCUT2D eigenvalue weighted by Crippen LogP contribution is -2.02. The molecule has 2 aromatic rings. The predicted octanol–water partition coefficient (Wildman–Crippen LogP) is 4.46. The molecule has 1 heterocycles. The number of pyridine rings is 1. The van der Waals surface area contributed by atoms with Crippen LogP contribution in [0.1, 0.15) is 12.5 Å². The number of anilines is 1. The van der Waals surface area contributed by atoms with E-state index in [2.05, 4.69) is 29.4 Å². The molecule has 0 fully saturated rings.